The van der Waals surface area contributed by atoms with Crippen molar-refractivity contribution in [1.29, 1.82) is 0 Å². The Balaban J connectivity index is 1.68. The fourth-order valence-corrected chi connectivity index (χ4v) is 3.10. The SMILES string of the molecule is CCCCCCCCCCC(=O)Nc1ccc(C(=O)Nc2ccc(O)cc2)cc1. The van der Waals surface area contributed by atoms with E-state index in [1.165, 1.54) is 50.7 Å². The van der Waals surface area contributed by atoms with Crippen LogP contribution < -0.4 is 10.6 Å². The van der Waals surface area contributed by atoms with Crippen LogP contribution in [0.25, 0.3) is 0 Å². The van der Waals surface area contributed by atoms with Gasteiger partial charge in [0.25, 0.3) is 5.91 Å². The van der Waals surface area contributed by atoms with Crippen LogP contribution in [0.1, 0.15) is 75.1 Å². The Morgan fingerprint density at radius 2 is 1.24 bits per heavy atom. The molecule has 0 aliphatic heterocycles. The van der Waals surface area contributed by atoms with Crippen molar-refractivity contribution in [3.63, 3.8) is 0 Å². The number of carbonyl (C=O) groups excluding carboxylic acids is 2. The second kappa shape index (κ2) is 12.6. The molecule has 0 aliphatic rings. The van der Waals surface area contributed by atoms with E-state index in [2.05, 4.69) is 17.6 Å². The van der Waals surface area contributed by atoms with Gasteiger partial charge in [-0.05, 0) is 55.0 Å². The molecule has 2 aromatic rings. The predicted molar refractivity (Wildman–Crippen MR) is 118 cm³/mol. The Kier molecular flexibility index (Phi) is 9.76. The van der Waals surface area contributed by atoms with Gasteiger partial charge in [0.15, 0.2) is 0 Å². The van der Waals surface area contributed by atoms with Crippen molar-refractivity contribution in [2.75, 3.05) is 10.6 Å². The standard InChI is InChI=1S/C24H32N2O3/c1-2-3-4-5-6-7-8-9-10-23(28)25-20-13-11-19(12-14-20)24(29)26-21-15-17-22(27)18-16-21/h11-18,27H,2-10H2,1H3,(H,25,28)(H,26,29). The van der Waals surface area contributed by atoms with Gasteiger partial charge in [-0.25, -0.2) is 0 Å². The molecule has 5 heteroatoms. The van der Waals surface area contributed by atoms with E-state index in [1.807, 2.05) is 0 Å². The molecule has 0 unspecified atom stereocenters. The Morgan fingerprint density at radius 3 is 1.86 bits per heavy atom. The van der Waals surface area contributed by atoms with Crippen molar-refractivity contribution in [2.24, 2.45) is 0 Å². The lowest BCUT2D eigenvalue weighted by molar-refractivity contribution is -0.116. The first-order valence-electron chi connectivity index (χ1n) is 10.6. The highest BCUT2D eigenvalue weighted by atomic mass is 16.3. The summed E-state index contributed by atoms with van der Waals surface area (Å²) in [6.07, 6.45) is 10.2. The van der Waals surface area contributed by atoms with E-state index >= 15 is 0 Å². The molecule has 0 aliphatic carbocycles. The molecule has 0 spiro atoms. The lowest BCUT2D eigenvalue weighted by atomic mass is 10.1. The fourth-order valence-electron chi connectivity index (χ4n) is 3.10. The molecule has 156 valence electrons. The molecule has 0 atom stereocenters. The van der Waals surface area contributed by atoms with Crippen molar-refractivity contribution >= 4 is 23.2 Å². The van der Waals surface area contributed by atoms with Gasteiger partial charge in [-0.3, -0.25) is 9.59 Å². The Bertz CT molecular complexity index is 755. The van der Waals surface area contributed by atoms with Crippen LogP contribution in [0, 0.1) is 0 Å². The minimum atomic E-state index is -0.243. The summed E-state index contributed by atoms with van der Waals surface area (Å²) in [5.74, 6) is -0.0835. The summed E-state index contributed by atoms with van der Waals surface area (Å²) in [6.45, 7) is 2.22. The second-order valence-electron chi connectivity index (χ2n) is 7.35. The van der Waals surface area contributed by atoms with Crippen LogP contribution in [-0.4, -0.2) is 16.9 Å². The maximum absolute atomic E-state index is 12.3. The normalized spacial score (nSPS) is 10.5. The number of phenolic OH excluding ortho intramolecular Hbond substituents is 1. The molecular weight excluding hydrogens is 364 g/mol. The van der Waals surface area contributed by atoms with Gasteiger partial charge >= 0.3 is 0 Å². The Hall–Kier alpha value is -2.82. The number of amides is 2. The van der Waals surface area contributed by atoms with Crippen LogP contribution in [0.2, 0.25) is 0 Å². The van der Waals surface area contributed by atoms with Crippen LogP contribution in [0.5, 0.6) is 5.75 Å². The summed E-state index contributed by atoms with van der Waals surface area (Å²) in [5.41, 5.74) is 1.80. The number of aromatic hydroxyl groups is 1. The maximum Gasteiger partial charge on any atom is 0.255 e. The maximum atomic E-state index is 12.3. The number of anilines is 2. The van der Waals surface area contributed by atoms with Crippen molar-refractivity contribution in [3.05, 3.63) is 54.1 Å². The molecule has 0 bridgehead atoms. The number of unbranched alkanes of at least 4 members (excludes halogenated alkanes) is 7. The largest absolute Gasteiger partial charge is 0.508 e. The monoisotopic (exact) mass is 396 g/mol. The third-order valence-corrected chi connectivity index (χ3v) is 4.81. The smallest absolute Gasteiger partial charge is 0.255 e. The quantitative estimate of drug-likeness (QED) is 0.299. The fraction of sp³-hybridized carbons (Fsp3) is 0.417. The molecule has 0 fully saturated rings. The number of phenols is 1. The zero-order valence-electron chi connectivity index (χ0n) is 17.2. The van der Waals surface area contributed by atoms with Gasteiger partial charge in [-0.15, -0.1) is 0 Å². The molecule has 0 aromatic heterocycles. The highest BCUT2D eigenvalue weighted by Crippen LogP contribution is 2.16. The third kappa shape index (κ3) is 8.81. The topological polar surface area (TPSA) is 78.4 Å². The Labute approximate surface area is 173 Å². The predicted octanol–water partition coefficient (Wildman–Crippen LogP) is 6.11. The van der Waals surface area contributed by atoms with Gasteiger partial charge in [0.1, 0.15) is 5.75 Å². The zero-order valence-corrected chi connectivity index (χ0v) is 17.2. The molecular formula is C24H32N2O3. The summed E-state index contributed by atoms with van der Waals surface area (Å²) in [6, 6.07) is 13.1. The Morgan fingerprint density at radius 1 is 0.724 bits per heavy atom. The molecule has 2 amide bonds. The molecule has 29 heavy (non-hydrogen) atoms. The van der Waals surface area contributed by atoms with E-state index in [0.29, 0.717) is 23.4 Å². The average molecular weight is 397 g/mol. The molecule has 0 saturated carbocycles. The van der Waals surface area contributed by atoms with Crippen molar-refractivity contribution < 1.29 is 14.7 Å². The first kappa shape index (κ1) is 22.5. The number of hydrogen-bond acceptors (Lipinski definition) is 3. The summed E-state index contributed by atoms with van der Waals surface area (Å²) < 4.78 is 0. The van der Waals surface area contributed by atoms with E-state index < -0.39 is 0 Å². The van der Waals surface area contributed by atoms with Gasteiger partial charge in [0, 0.05) is 23.4 Å². The van der Waals surface area contributed by atoms with E-state index in [1.54, 1.807) is 36.4 Å². The van der Waals surface area contributed by atoms with Gasteiger partial charge in [0.2, 0.25) is 5.91 Å². The molecule has 5 nitrogen and oxygen atoms in total. The van der Waals surface area contributed by atoms with Crippen LogP contribution in [0.4, 0.5) is 11.4 Å². The van der Waals surface area contributed by atoms with Gasteiger partial charge in [-0.1, -0.05) is 51.9 Å². The number of hydrogen-bond donors (Lipinski definition) is 3. The number of nitrogens with one attached hydrogen (secondary N) is 2. The lowest BCUT2D eigenvalue weighted by Gasteiger charge is -2.08. The van der Waals surface area contributed by atoms with Crippen LogP contribution in [0.15, 0.2) is 48.5 Å². The molecule has 2 rings (SSSR count). The summed E-state index contributed by atoms with van der Waals surface area (Å²) in [4.78, 5) is 24.3. The summed E-state index contributed by atoms with van der Waals surface area (Å²) in [5, 5.41) is 14.9. The van der Waals surface area contributed by atoms with Crippen LogP contribution >= 0.6 is 0 Å². The molecule has 3 N–H and O–H groups in total. The van der Waals surface area contributed by atoms with E-state index in [0.717, 1.165) is 12.8 Å². The average Bonchev–Trinajstić information content (AvgIpc) is 2.72. The lowest BCUT2D eigenvalue weighted by Crippen LogP contribution is -2.13. The molecule has 0 saturated heterocycles. The first-order chi connectivity index (χ1) is 14.1. The molecule has 2 aromatic carbocycles. The van der Waals surface area contributed by atoms with Crippen molar-refractivity contribution in [3.8, 4) is 5.75 Å². The van der Waals surface area contributed by atoms with Gasteiger partial charge in [0.05, 0.1) is 0 Å². The second-order valence-corrected chi connectivity index (χ2v) is 7.35. The minimum absolute atomic E-state index is 0.0114. The highest BCUT2D eigenvalue weighted by molar-refractivity contribution is 6.04. The first-order valence-corrected chi connectivity index (χ1v) is 10.6. The number of rotatable bonds is 12. The van der Waals surface area contributed by atoms with Gasteiger partial charge in [-0.2, -0.15) is 0 Å². The number of carbonyl (C=O) groups is 2. The van der Waals surface area contributed by atoms with Gasteiger partial charge < -0.3 is 15.7 Å². The van der Waals surface area contributed by atoms with Crippen molar-refractivity contribution in [1.82, 2.24) is 0 Å². The molecule has 0 heterocycles. The summed E-state index contributed by atoms with van der Waals surface area (Å²) >= 11 is 0. The third-order valence-electron chi connectivity index (χ3n) is 4.81. The highest BCUT2D eigenvalue weighted by Gasteiger charge is 2.07. The van der Waals surface area contributed by atoms with E-state index in [-0.39, 0.29) is 17.6 Å². The zero-order chi connectivity index (χ0) is 20.9. The van der Waals surface area contributed by atoms with E-state index in [4.69, 9.17) is 0 Å². The number of benzene rings is 2. The minimum Gasteiger partial charge on any atom is -0.508 e. The van der Waals surface area contributed by atoms with E-state index in [9.17, 15) is 14.7 Å². The summed E-state index contributed by atoms with van der Waals surface area (Å²) in [7, 11) is 0. The van der Waals surface area contributed by atoms with Crippen LogP contribution in [-0.2, 0) is 4.79 Å². The molecule has 0 radical (unpaired) electrons. The van der Waals surface area contributed by atoms with Crippen molar-refractivity contribution in [2.45, 2.75) is 64.7 Å². The van der Waals surface area contributed by atoms with Crippen LogP contribution in [0.3, 0.4) is 0 Å².